The lowest BCUT2D eigenvalue weighted by Gasteiger charge is -2.14. The molecule has 0 aliphatic heterocycles. The average Bonchev–Trinajstić information content (AvgIpc) is 2.75. The van der Waals surface area contributed by atoms with Gasteiger partial charge in [-0.15, -0.1) is 0 Å². The minimum Gasteiger partial charge on any atom is -0.499 e. The molecule has 0 spiro atoms. The van der Waals surface area contributed by atoms with E-state index in [9.17, 15) is 14.6 Å². The predicted octanol–water partition coefficient (Wildman–Crippen LogP) is 5.84. The normalized spacial score (nSPS) is 14.7. The molecule has 0 heterocycles. The highest BCUT2D eigenvalue weighted by molar-refractivity contribution is 7.47. The molecular weight excluding hydrogens is 417 g/mol. The molecule has 7 nitrogen and oxygen atoms in total. The lowest BCUT2D eigenvalue weighted by atomic mass is 10.0. The molecule has 0 fully saturated rings. The first-order chi connectivity index (χ1) is 15.0. The molecule has 0 aliphatic rings. The monoisotopic (exact) mass is 465 g/mol. The fraction of sp³-hybridized carbons (Fsp3) is 0.913. The molecular formula is C23H48NO6P. The lowest BCUT2D eigenvalue weighted by Crippen LogP contribution is -2.20. The fourth-order valence-electron chi connectivity index (χ4n) is 3.19. The summed E-state index contributed by atoms with van der Waals surface area (Å²) in [5.74, 6) is 0. The maximum absolute atomic E-state index is 11.4. The number of rotatable bonds is 24. The van der Waals surface area contributed by atoms with E-state index in [4.69, 9.17) is 10.5 Å². The van der Waals surface area contributed by atoms with Crippen LogP contribution in [-0.2, 0) is 18.3 Å². The van der Waals surface area contributed by atoms with Crippen molar-refractivity contribution in [3.63, 3.8) is 0 Å². The van der Waals surface area contributed by atoms with Crippen molar-refractivity contribution >= 4 is 7.82 Å². The highest BCUT2D eigenvalue weighted by atomic mass is 31.2. The summed E-state index contributed by atoms with van der Waals surface area (Å²) in [5.41, 5.74) is 5.18. The summed E-state index contributed by atoms with van der Waals surface area (Å²) >= 11 is 0. The lowest BCUT2D eigenvalue weighted by molar-refractivity contribution is 0.0311. The molecule has 0 bridgehead atoms. The minimum absolute atomic E-state index is 0.00781. The summed E-state index contributed by atoms with van der Waals surface area (Å²) in [6.07, 6.45) is 22.3. The molecule has 31 heavy (non-hydrogen) atoms. The largest absolute Gasteiger partial charge is 0.499 e. The highest BCUT2D eigenvalue weighted by Crippen LogP contribution is 2.42. The third-order valence-electron chi connectivity index (χ3n) is 5.01. The van der Waals surface area contributed by atoms with E-state index in [1.165, 1.54) is 83.5 Å². The van der Waals surface area contributed by atoms with Crippen LogP contribution < -0.4 is 5.73 Å². The Hall–Kier alpha value is -0.430. The number of phosphoric acid groups is 1. The van der Waals surface area contributed by atoms with Gasteiger partial charge in [0.25, 0.3) is 0 Å². The molecule has 0 aromatic carbocycles. The second-order valence-electron chi connectivity index (χ2n) is 8.13. The quantitative estimate of drug-likeness (QED) is 0.0932. The Morgan fingerprint density at radius 2 is 1.35 bits per heavy atom. The van der Waals surface area contributed by atoms with Crippen LogP contribution in [0.25, 0.3) is 0 Å². The second kappa shape index (κ2) is 22.8. The van der Waals surface area contributed by atoms with Gasteiger partial charge in [0.15, 0.2) is 0 Å². The minimum atomic E-state index is -4.15. The van der Waals surface area contributed by atoms with Gasteiger partial charge in [-0.3, -0.25) is 9.05 Å². The molecule has 2 unspecified atom stereocenters. The molecule has 0 saturated heterocycles. The van der Waals surface area contributed by atoms with E-state index in [0.29, 0.717) is 0 Å². The van der Waals surface area contributed by atoms with E-state index in [2.05, 4.69) is 16.0 Å². The molecule has 4 N–H and O–H groups in total. The molecule has 0 saturated carbocycles. The Balaban J connectivity index is 3.34. The predicted molar refractivity (Wildman–Crippen MR) is 127 cm³/mol. The van der Waals surface area contributed by atoms with Crippen LogP contribution >= 0.6 is 7.82 Å². The van der Waals surface area contributed by atoms with Crippen LogP contribution in [-0.4, -0.2) is 42.5 Å². The van der Waals surface area contributed by atoms with Gasteiger partial charge >= 0.3 is 7.82 Å². The van der Waals surface area contributed by atoms with E-state index >= 15 is 0 Å². The molecule has 8 heteroatoms. The topological polar surface area (TPSA) is 111 Å². The van der Waals surface area contributed by atoms with Gasteiger partial charge in [-0.05, 0) is 18.9 Å². The van der Waals surface area contributed by atoms with Gasteiger partial charge in [-0.25, -0.2) is 4.57 Å². The zero-order valence-corrected chi connectivity index (χ0v) is 20.6. The van der Waals surface area contributed by atoms with Crippen LogP contribution in [0, 0.1) is 0 Å². The Kier molecular flexibility index (Phi) is 22.4. The van der Waals surface area contributed by atoms with Crippen molar-refractivity contribution in [2.24, 2.45) is 5.73 Å². The van der Waals surface area contributed by atoms with Crippen LogP contribution in [0.3, 0.4) is 0 Å². The van der Waals surface area contributed by atoms with Gasteiger partial charge in [0.05, 0.1) is 19.5 Å². The number of allylic oxidation sites excluding steroid dienone is 1. The number of aliphatic hydroxyl groups excluding tert-OH is 1. The summed E-state index contributed by atoms with van der Waals surface area (Å²) in [6, 6.07) is 0. The standard InChI is InChI=1S/C23H48NO6P/c1-2-3-4-5-6-7-8-9-10-11-12-13-14-15-16-17-19-28-21-23(25)22-30-31(26,27)29-20-18-24/h17,19,23,25H,2-16,18,20-22,24H2,1H3,(H,26,27). The van der Waals surface area contributed by atoms with E-state index in [0.717, 1.165) is 12.8 Å². The van der Waals surface area contributed by atoms with Crippen LogP contribution in [0.2, 0.25) is 0 Å². The molecule has 2 atom stereocenters. The average molecular weight is 466 g/mol. The molecule has 0 radical (unpaired) electrons. The van der Waals surface area contributed by atoms with Crippen LogP contribution in [0.1, 0.15) is 103 Å². The van der Waals surface area contributed by atoms with Gasteiger partial charge in [0.2, 0.25) is 0 Å². The number of phosphoric ester groups is 1. The number of ether oxygens (including phenoxy) is 1. The van der Waals surface area contributed by atoms with E-state index in [1.807, 2.05) is 6.08 Å². The van der Waals surface area contributed by atoms with Crippen LogP contribution in [0.5, 0.6) is 0 Å². The van der Waals surface area contributed by atoms with E-state index < -0.39 is 13.9 Å². The highest BCUT2D eigenvalue weighted by Gasteiger charge is 2.22. The first-order valence-electron chi connectivity index (χ1n) is 12.3. The number of aliphatic hydroxyl groups is 1. The Morgan fingerprint density at radius 1 is 0.839 bits per heavy atom. The maximum atomic E-state index is 11.4. The molecule has 0 rings (SSSR count). The molecule has 0 aromatic rings. The van der Waals surface area contributed by atoms with E-state index in [-0.39, 0.29) is 26.4 Å². The van der Waals surface area contributed by atoms with Gasteiger partial charge in [-0.1, -0.05) is 90.4 Å². The third-order valence-corrected chi connectivity index (χ3v) is 5.99. The third kappa shape index (κ3) is 24.1. The SMILES string of the molecule is CCCCCCCCCCCCCCCCC=COCC(O)COP(=O)(O)OCCN. The molecule has 186 valence electrons. The van der Waals surface area contributed by atoms with Gasteiger partial charge in [0.1, 0.15) is 12.7 Å². The molecule has 0 amide bonds. The number of hydrogen-bond donors (Lipinski definition) is 3. The Labute approximate surface area is 190 Å². The first-order valence-corrected chi connectivity index (χ1v) is 13.8. The molecule has 0 aromatic heterocycles. The summed E-state index contributed by atoms with van der Waals surface area (Å²) < 4.78 is 25.9. The van der Waals surface area contributed by atoms with Crippen molar-refractivity contribution in [3.05, 3.63) is 12.3 Å². The zero-order chi connectivity index (χ0) is 23.0. The van der Waals surface area contributed by atoms with Crippen molar-refractivity contribution < 1.29 is 28.3 Å². The Morgan fingerprint density at radius 3 is 1.87 bits per heavy atom. The van der Waals surface area contributed by atoms with Gasteiger partial charge in [0, 0.05) is 6.54 Å². The maximum Gasteiger partial charge on any atom is 0.472 e. The van der Waals surface area contributed by atoms with Crippen molar-refractivity contribution in [1.82, 2.24) is 0 Å². The summed E-state index contributed by atoms with van der Waals surface area (Å²) in [6.45, 7) is 1.95. The van der Waals surface area contributed by atoms with Crippen molar-refractivity contribution in [3.8, 4) is 0 Å². The fourth-order valence-corrected chi connectivity index (χ4v) is 3.96. The van der Waals surface area contributed by atoms with Crippen LogP contribution in [0.15, 0.2) is 12.3 Å². The van der Waals surface area contributed by atoms with Crippen molar-refractivity contribution in [2.75, 3.05) is 26.4 Å². The zero-order valence-electron chi connectivity index (χ0n) is 19.7. The summed E-state index contributed by atoms with van der Waals surface area (Å²) in [7, 11) is -4.15. The second-order valence-corrected chi connectivity index (χ2v) is 9.58. The summed E-state index contributed by atoms with van der Waals surface area (Å²) in [5, 5.41) is 9.68. The molecule has 0 aliphatic carbocycles. The van der Waals surface area contributed by atoms with E-state index in [1.54, 1.807) is 6.26 Å². The number of nitrogens with two attached hydrogens (primary N) is 1. The first kappa shape index (κ1) is 30.6. The number of hydrogen-bond acceptors (Lipinski definition) is 6. The summed E-state index contributed by atoms with van der Waals surface area (Å²) in [4.78, 5) is 9.31. The van der Waals surface area contributed by atoms with Gasteiger partial charge in [-0.2, -0.15) is 0 Å². The smallest absolute Gasteiger partial charge is 0.472 e. The van der Waals surface area contributed by atoms with Gasteiger partial charge < -0.3 is 20.5 Å². The van der Waals surface area contributed by atoms with Crippen LogP contribution in [0.4, 0.5) is 0 Å². The van der Waals surface area contributed by atoms with Crippen molar-refractivity contribution in [1.29, 1.82) is 0 Å². The van der Waals surface area contributed by atoms with Crippen molar-refractivity contribution in [2.45, 2.75) is 109 Å². The number of unbranched alkanes of at least 4 members (excludes halogenated alkanes) is 14. The Bertz CT molecular complexity index is 450.